The fourth-order valence-corrected chi connectivity index (χ4v) is 2.76. The Morgan fingerprint density at radius 3 is 3.00 bits per heavy atom. The van der Waals surface area contributed by atoms with Crippen molar-refractivity contribution in [2.24, 2.45) is 5.92 Å². The minimum absolute atomic E-state index is 0.0777. The van der Waals surface area contributed by atoms with E-state index in [0.717, 1.165) is 25.7 Å². The average Bonchev–Trinajstić information content (AvgIpc) is 2.41. The maximum atomic E-state index is 13.6. The second-order valence-corrected chi connectivity index (χ2v) is 5.53. The standard InChI is InChI=1S/C15H18ClFO2/c1-2-10-4-3-5-12(8-10)19-15(18)13-9-11(16)6-7-14(13)17/h6-7,9-10,12H,2-5,8H2,1H3. The molecule has 19 heavy (non-hydrogen) atoms. The van der Waals surface area contributed by atoms with Crippen LogP contribution in [-0.2, 0) is 4.74 Å². The van der Waals surface area contributed by atoms with Gasteiger partial charge in [0.25, 0.3) is 0 Å². The van der Waals surface area contributed by atoms with Crippen molar-refractivity contribution < 1.29 is 13.9 Å². The van der Waals surface area contributed by atoms with E-state index in [1.165, 1.54) is 24.6 Å². The molecule has 4 heteroatoms. The molecule has 1 aromatic rings. The second-order valence-electron chi connectivity index (χ2n) is 5.09. The largest absolute Gasteiger partial charge is 0.459 e. The Bertz CT molecular complexity index is 461. The predicted molar refractivity (Wildman–Crippen MR) is 72.9 cm³/mol. The highest BCUT2D eigenvalue weighted by atomic mass is 35.5. The Balaban J connectivity index is 2.02. The van der Waals surface area contributed by atoms with Gasteiger partial charge in [0, 0.05) is 5.02 Å². The number of carbonyl (C=O) groups excluding carboxylic acids is 1. The number of benzene rings is 1. The van der Waals surface area contributed by atoms with Crippen LogP contribution in [0.5, 0.6) is 0 Å². The third-order valence-electron chi connectivity index (χ3n) is 3.73. The monoisotopic (exact) mass is 284 g/mol. The average molecular weight is 285 g/mol. The van der Waals surface area contributed by atoms with Gasteiger partial charge >= 0.3 is 5.97 Å². The van der Waals surface area contributed by atoms with E-state index in [2.05, 4.69) is 6.92 Å². The first kappa shape index (κ1) is 14.3. The molecule has 0 heterocycles. The SMILES string of the molecule is CCC1CCCC(OC(=O)c2cc(Cl)ccc2F)C1. The summed E-state index contributed by atoms with van der Waals surface area (Å²) in [7, 11) is 0. The summed E-state index contributed by atoms with van der Waals surface area (Å²) in [4.78, 5) is 12.0. The third-order valence-corrected chi connectivity index (χ3v) is 3.97. The summed E-state index contributed by atoms with van der Waals surface area (Å²) in [6, 6.07) is 3.93. The number of hydrogen-bond acceptors (Lipinski definition) is 2. The topological polar surface area (TPSA) is 26.3 Å². The van der Waals surface area contributed by atoms with Gasteiger partial charge in [-0.3, -0.25) is 0 Å². The highest BCUT2D eigenvalue weighted by Gasteiger charge is 2.25. The molecule has 1 aliphatic carbocycles. The molecule has 0 aromatic heterocycles. The number of rotatable bonds is 3. The van der Waals surface area contributed by atoms with Gasteiger partial charge in [0.05, 0.1) is 5.56 Å². The van der Waals surface area contributed by atoms with Crippen LogP contribution in [0, 0.1) is 11.7 Å². The van der Waals surface area contributed by atoms with Crippen molar-refractivity contribution >= 4 is 17.6 Å². The number of hydrogen-bond donors (Lipinski definition) is 0. The van der Waals surface area contributed by atoms with E-state index in [-0.39, 0.29) is 11.7 Å². The first-order valence-corrected chi connectivity index (χ1v) is 7.14. The molecule has 1 aromatic carbocycles. The van der Waals surface area contributed by atoms with E-state index >= 15 is 0 Å². The van der Waals surface area contributed by atoms with Gasteiger partial charge in [0.15, 0.2) is 0 Å². The molecule has 0 spiro atoms. The Labute approximate surface area is 117 Å². The van der Waals surface area contributed by atoms with Crippen LogP contribution in [0.3, 0.4) is 0 Å². The smallest absolute Gasteiger partial charge is 0.341 e. The van der Waals surface area contributed by atoms with Gasteiger partial charge < -0.3 is 4.74 Å². The highest BCUT2D eigenvalue weighted by Crippen LogP contribution is 2.29. The van der Waals surface area contributed by atoms with Crippen LogP contribution >= 0.6 is 11.6 Å². The maximum Gasteiger partial charge on any atom is 0.341 e. The zero-order valence-corrected chi connectivity index (χ0v) is 11.8. The molecule has 0 radical (unpaired) electrons. The summed E-state index contributed by atoms with van der Waals surface area (Å²) < 4.78 is 19.0. The van der Waals surface area contributed by atoms with Crippen LogP contribution in [0.15, 0.2) is 18.2 Å². The molecule has 2 rings (SSSR count). The molecule has 1 saturated carbocycles. The van der Waals surface area contributed by atoms with Crippen LogP contribution in [0.1, 0.15) is 49.4 Å². The fraction of sp³-hybridized carbons (Fsp3) is 0.533. The molecule has 0 bridgehead atoms. The van der Waals surface area contributed by atoms with Crippen molar-refractivity contribution in [1.29, 1.82) is 0 Å². The van der Waals surface area contributed by atoms with Crippen LogP contribution in [0.4, 0.5) is 4.39 Å². The van der Waals surface area contributed by atoms with E-state index < -0.39 is 11.8 Å². The molecular formula is C15H18ClFO2. The van der Waals surface area contributed by atoms with E-state index in [1.54, 1.807) is 0 Å². The lowest BCUT2D eigenvalue weighted by molar-refractivity contribution is 0.0135. The van der Waals surface area contributed by atoms with Gasteiger partial charge in [-0.05, 0) is 43.4 Å². The van der Waals surface area contributed by atoms with E-state index in [1.807, 2.05) is 0 Å². The Kier molecular flexibility index (Phi) is 4.81. The molecule has 0 amide bonds. The molecule has 0 saturated heterocycles. The van der Waals surface area contributed by atoms with E-state index in [0.29, 0.717) is 10.9 Å². The predicted octanol–water partition coefficient (Wildman–Crippen LogP) is 4.60. The lowest BCUT2D eigenvalue weighted by Gasteiger charge is -2.28. The quantitative estimate of drug-likeness (QED) is 0.758. The highest BCUT2D eigenvalue weighted by molar-refractivity contribution is 6.30. The summed E-state index contributed by atoms with van der Waals surface area (Å²) in [5, 5.41) is 0.337. The molecule has 2 atom stereocenters. The van der Waals surface area contributed by atoms with Crippen molar-refractivity contribution in [3.8, 4) is 0 Å². The lowest BCUT2D eigenvalue weighted by Crippen LogP contribution is -2.25. The maximum absolute atomic E-state index is 13.6. The van der Waals surface area contributed by atoms with Crippen LogP contribution in [-0.4, -0.2) is 12.1 Å². The van der Waals surface area contributed by atoms with Gasteiger partial charge in [-0.1, -0.05) is 31.4 Å². The van der Waals surface area contributed by atoms with Crippen LogP contribution in [0.25, 0.3) is 0 Å². The van der Waals surface area contributed by atoms with Gasteiger partial charge in [-0.15, -0.1) is 0 Å². The van der Waals surface area contributed by atoms with Gasteiger partial charge in [-0.2, -0.15) is 0 Å². The minimum Gasteiger partial charge on any atom is -0.459 e. The first-order valence-electron chi connectivity index (χ1n) is 6.76. The van der Waals surface area contributed by atoms with Crippen LogP contribution in [0.2, 0.25) is 5.02 Å². The summed E-state index contributed by atoms with van der Waals surface area (Å²) in [5.74, 6) is -0.588. The third kappa shape index (κ3) is 3.69. The van der Waals surface area contributed by atoms with E-state index in [4.69, 9.17) is 16.3 Å². The summed E-state index contributed by atoms with van der Waals surface area (Å²) in [5.41, 5.74) is -0.0777. The minimum atomic E-state index is -0.609. The summed E-state index contributed by atoms with van der Waals surface area (Å²) >= 11 is 5.77. The van der Waals surface area contributed by atoms with Crippen molar-refractivity contribution in [3.05, 3.63) is 34.6 Å². The Hall–Kier alpha value is -1.09. The molecule has 1 aliphatic rings. The Morgan fingerprint density at radius 2 is 2.26 bits per heavy atom. The van der Waals surface area contributed by atoms with E-state index in [9.17, 15) is 9.18 Å². The molecule has 104 valence electrons. The molecule has 0 aliphatic heterocycles. The number of esters is 1. The molecule has 1 fully saturated rings. The number of halogens is 2. The summed E-state index contributed by atoms with van der Waals surface area (Å²) in [6.07, 6.45) is 5.00. The Morgan fingerprint density at radius 1 is 1.47 bits per heavy atom. The van der Waals surface area contributed by atoms with Crippen molar-refractivity contribution in [2.75, 3.05) is 0 Å². The van der Waals surface area contributed by atoms with Crippen LogP contribution < -0.4 is 0 Å². The first-order chi connectivity index (χ1) is 9.10. The zero-order valence-electron chi connectivity index (χ0n) is 11.0. The fourth-order valence-electron chi connectivity index (χ4n) is 2.59. The number of ether oxygens (including phenoxy) is 1. The zero-order chi connectivity index (χ0) is 13.8. The molecule has 2 unspecified atom stereocenters. The molecular weight excluding hydrogens is 267 g/mol. The second kappa shape index (κ2) is 6.38. The molecule has 2 nitrogen and oxygen atoms in total. The lowest BCUT2D eigenvalue weighted by atomic mass is 9.85. The molecule has 0 N–H and O–H groups in total. The van der Waals surface area contributed by atoms with Gasteiger partial charge in [0.1, 0.15) is 11.9 Å². The van der Waals surface area contributed by atoms with Gasteiger partial charge in [-0.25, -0.2) is 9.18 Å². The summed E-state index contributed by atoms with van der Waals surface area (Å²) in [6.45, 7) is 2.14. The number of carbonyl (C=O) groups is 1. The van der Waals surface area contributed by atoms with Gasteiger partial charge in [0.2, 0.25) is 0 Å². The van der Waals surface area contributed by atoms with Crippen molar-refractivity contribution in [1.82, 2.24) is 0 Å². The van der Waals surface area contributed by atoms with Crippen molar-refractivity contribution in [2.45, 2.75) is 45.1 Å². The van der Waals surface area contributed by atoms with Crippen molar-refractivity contribution in [3.63, 3.8) is 0 Å². The normalized spacial score (nSPS) is 23.1.